The molecule has 2 heterocycles. The molecule has 1 aliphatic heterocycles. The van der Waals surface area contributed by atoms with Gasteiger partial charge in [0.15, 0.2) is 5.78 Å². The Balaban J connectivity index is 1.69. The average Bonchev–Trinajstić information content (AvgIpc) is 3.22. The standard InChI is InChI=1S/C23H28BrN3O2/c1-4-27(5-2)11-7-6-8-22(28)21-12-15(3)20(25-21)14-18-17-13-16(24)9-10-19(17)26-23(18)29/h9-10,12-14,25H,4-8,11H2,1-3H3,(H,26,29)/b18-14-. The van der Waals surface area contributed by atoms with E-state index < -0.39 is 0 Å². The molecule has 29 heavy (non-hydrogen) atoms. The Kier molecular flexibility index (Phi) is 7.09. The molecular weight excluding hydrogens is 430 g/mol. The Hall–Kier alpha value is -2.18. The fourth-order valence-electron chi connectivity index (χ4n) is 3.62. The van der Waals surface area contributed by atoms with E-state index in [4.69, 9.17) is 0 Å². The number of amides is 1. The molecule has 1 amide bonds. The van der Waals surface area contributed by atoms with Gasteiger partial charge in [0.25, 0.3) is 5.91 Å². The molecule has 2 N–H and O–H groups in total. The van der Waals surface area contributed by atoms with Gasteiger partial charge < -0.3 is 15.2 Å². The number of carbonyl (C=O) groups excluding carboxylic acids is 2. The van der Waals surface area contributed by atoms with Gasteiger partial charge >= 0.3 is 0 Å². The van der Waals surface area contributed by atoms with E-state index >= 15 is 0 Å². The number of aryl methyl sites for hydroxylation is 1. The number of Topliss-reactive ketones (excluding diaryl/α,β-unsaturated/α-hetero) is 1. The summed E-state index contributed by atoms with van der Waals surface area (Å²) in [7, 11) is 0. The van der Waals surface area contributed by atoms with Crippen LogP contribution in [0.1, 0.15) is 60.4 Å². The van der Waals surface area contributed by atoms with Gasteiger partial charge in [0, 0.05) is 27.8 Å². The summed E-state index contributed by atoms with van der Waals surface area (Å²) in [6.07, 6.45) is 4.27. The molecule has 0 radical (unpaired) electrons. The number of nitrogens with zero attached hydrogens (tertiary/aromatic N) is 1. The first kappa shape index (κ1) is 21.5. The number of rotatable bonds is 9. The highest BCUT2D eigenvalue weighted by molar-refractivity contribution is 9.10. The van der Waals surface area contributed by atoms with Crippen molar-refractivity contribution < 1.29 is 9.59 Å². The zero-order valence-electron chi connectivity index (χ0n) is 17.3. The number of ketones is 1. The molecule has 5 nitrogen and oxygen atoms in total. The Bertz CT molecular complexity index is 942. The fourth-order valence-corrected chi connectivity index (χ4v) is 3.98. The molecule has 154 valence electrons. The summed E-state index contributed by atoms with van der Waals surface area (Å²) in [4.78, 5) is 30.6. The van der Waals surface area contributed by atoms with Crippen molar-refractivity contribution in [3.8, 4) is 0 Å². The lowest BCUT2D eigenvalue weighted by atomic mass is 10.1. The highest BCUT2D eigenvalue weighted by atomic mass is 79.9. The zero-order chi connectivity index (χ0) is 21.0. The SMILES string of the molecule is CCN(CC)CCCCC(=O)c1cc(C)c(/C=C2\C(=O)Nc3ccc(Br)cc32)[nH]1. The number of aromatic amines is 1. The molecule has 0 fully saturated rings. The summed E-state index contributed by atoms with van der Waals surface area (Å²) in [5.41, 5.74) is 4.64. The van der Waals surface area contributed by atoms with Crippen molar-refractivity contribution in [3.63, 3.8) is 0 Å². The third-order valence-electron chi connectivity index (χ3n) is 5.43. The molecule has 6 heteroatoms. The van der Waals surface area contributed by atoms with Crippen LogP contribution in [0, 0.1) is 6.92 Å². The summed E-state index contributed by atoms with van der Waals surface area (Å²) < 4.78 is 0.919. The number of unbranched alkanes of at least 4 members (excludes halogenated alkanes) is 1. The number of carbonyl (C=O) groups is 2. The normalized spacial score (nSPS) is 14.5. The van der Waals surface area contributed by atoms with Crippen molar-refractivity contribution in [2.24, 2.45) is 0 Å². The van der Waals surface area contributed by atoms with Gasteiger partial charge in [-0.3, -0.25) is 9.59 Å². The van der Waals surface area contributed by atoms with Crippen LogP contribution >= 0.6 is 15.9 Å². The van der Waals surface area contributed by atoms with Crippen molar-refractivity contribution in [3.05, 3.63) is 51.3 Å². The van der Waals surface area contributed by atoms with Crippen LogP contribution in [0.4, 0.5) is 5.69 Å². The van der Waals surface area contributed by atoms with E-state index in [2.05, 4.69) is 45.0 Å². The number of benzene rings is 1. The van der Waals surface area contributed by atoms with Crippen LogP contribution in [0.3, 0.4) is 0 Å². The number of aromatic nitrogens is 1. The number of anilines is 1. The minimum atomic E-state index is -0.128. The number of H-pyrrole nitrogens is 1. The topological polar surface area (TPSA) is 65.2 Å². The molecule has 1 aromatic carbocycles. The second-order valence-corrected chi connectivity index (χ2v) is 8.30. The summed E-state index contributed by atoms with van der Waals surface area (Å²) in [5, 5.41) is 2.88. The minimum absolute atomic E-state index is 0.122. The first-order chi connectivity index (χ1) is 13.9. The Morgan fingerprint density at radius 3 is 2.66 bits per heavy atom. The van der Waals surface area contributed by atoms with Gasteiger partial charge in [-0.2, -0.15) is 0 Å². The summed E-state index contributed by atoms with van der Waals surface area (Å²) in [6.45, 7) is 9.40. The zero-order valence-corrected chi connectivity index (χ0v) is 18.9. The van der Waals surface area contributed by atoms with Crippen LogP contribution in [-0.2, 0) is 4.79 Å². The van der Waals surface area contributed by atoms with E-state index in [1.807, 2.05) is 37.3 Å². The molecule has 0 aliphatic carbocycles. The predicted octanol–water partition coefficient (Wildman–Crippen LogP) is 5.27. The van der Waals surface area contributed by atoms with Crippen molar-refractivity contribution in [1.82, 2.24) is 9.88 Å². The number of halogens is 1. The van der Waals surface area contributed by atoms with E-state index in [-0.39, 0.29) is 11.7 Å². The molecular formula is C23H28BrN3O2. The van der Waals surface area contributed by atoms with E-state index in [0.29, 0.717) is 17.7 Å². The number of nitrogens with one attached hydrogen (secondary N) is 2. The Labute approximate surface area is 180 Å². The molecule has 1 aliphatic rings. The van der Waals surface area contributed by atoms with Crippen LogP contribution in [-0.4, -0.2) is 41.2 Å². The first-order valence-electron chi connectivity index (χ1n) is 10.2. The van der Waals surface area contributed by atoms with Crippen LogP contribution < -0.4 is 5.32 Å². The maximum atomic E-state index is 12.6. The van der Waals surface area contributed by atoms with Crippen molar-refractivity contribution in [2.75, 3.05) is 25.0 Å². The van der Waals surface area contributed by atoms with E-state index in [9.17, 15) is 9.59 Å². The molecule has 0 saturated carbocycles. The van der Waals surface area contributed by atoms with Gasteiger partial charge in [0.05, 0.1) is 11.3 Å². The van der Waals surface area contributed by atoms with E-state index in [1.165, 1.54) is 0 Å². The largest absolute Gasteiger partial charge is 0.352 e. The molecule has 1 aromatic heterocycles. The van der Waals surface area contributed by atoms with Gasteiger partial charge in [-0.1, -0.05) is 29.8 Å². The average molecular weight is 458 g/mol. The molecule has 0 saturated heterocycles. The highest BCUT2D eigenvalue weighted by Gasteiger charge is 2.24. The minimum Gasteiger partial charge on any atom is -0.352 e. The molecule has 0 bridgehead atoms. The van der Waals surface area contributed by atoms with Gasteiger partial charge in [-0.15, -0.1) is 0 Å². The number of hydrogen-bond acceptors (Lipinski definition) is 3. The van der Waals surface area contributed by atoms with E-state index in [1.54, 1.807) is 0 Å². The predicted molar refractivity (Wildman–Crippen MR) is 122 cm³/mol. The summed E-state index contributed by atoms with van der Waals surface area (Å²) in [6, 6.07) is 7.60. The van der Waals surface area contributed by atoms with Gasteiger partial charge in [0.1, 0.15) is 0 Å². The van der Waals surface area contributed by atoms with Crippen LogP contribution in [0.2, 0.25) is 0 Å². The van der Waals surface area contributed by atoms with Crippen LogP contribution in [0.5, 0.6) is 0 Å². The third kappa shape index (κ3) is 5.06. The van der Waals surface area contributed by atoms with E-state index in [0.717, 1.165) is 59.5 Å². The molecule has 3 rings (SSSR count). The molecule has 0 spiro atoms. The number of hydrogen-bond donors (Lipinski definition) is 2. The van der Waals surface area contributed by atoms with Crippen LogP contribution in [0.25, 0.3) is 11.6 Å². The Morgan fingerprint density at radius 1 is 1.17 bits per heavy atom. The molecule has 2 aromatic rings. The summed E-state index contributed by atoms with van der Waals surface area (Å²) in [5.74, 6) is -0.00676. The molecule has 0 unspecified atom stereocenters. The number of fused-ring (bicyclic) bond motifs is 1. The van der Waals surface area contributed by atoms with Crippen molar-refractivity contribution in [2.45, 2.75) is 40.0 Å². The second kappa shape index (κ2) is 9.55. The first-order valence-corrected chi connectivity index (χ1v) is 11.0. The van der Waals surface area contributed by atoms with Crippen LogP contribution in [0.15, 0.2) is 28.7 Å². The van der Waals surface area contributed by atoms with Gasteiger partial charge in [0.2, 0.25) is 0 Å². The lowest BCUT2D eigenvalue weighted by Crippen LogP contribution is -2.24. The quantitative estimate of drug-likeness (QED) is 0.306. The van der Waals surface area contributed by atoms with Gasteiger partial charge in [-0.05, 0) is 75.3 Å². The smallest absolute Gasteiger partial charge is 0.256 e. The summed E-state index contributed by atoms with van der Waals surface area (Å²) >= 11 is 3.46. The van der Waals surface area contributed by atoms with Crippen molar-refractivity contribution >= 4 is 45.0 Å². The monoisotopic (exact) mass is 457 g/mol. The lowest BCUT2D eigenvalue weighted by Gasteiger charge is -2.17. The van der Waals surface area contributed by atoms with Crippen molar-refractivity contribution in [1.29, 1.82) is 0 Å². The second-order valence-electron chi connectivity index (χ2n) is 7.39. The Morgan fingerprint density at radius 2 is 1.93 bits per heavy atom. The maximum Gasteiger partial charge on any atom is 0.256 e. The molecule has 0 atom stereocenters. The fraction of sp³-hybridized carbons (Fsp3) is 0.391. The lowest BCUT2D eigenvalue weighted by molar-refractivity contribution is -0.110. The van der Waals surface area contributed by atoms with Gasteiger partial charge in [-0.25, -0.2) is 0 Å². The maximum absolute atomic E-state index is 12.6. The third-order valence-corrected chi connectivity index (χ3v) is 5.92. The highest BCUT2D eigenvalue weighted by Crippen LogP contribution is 2.35.